The Morgan fingerprint density at radius 3 is 1.39 bits per heavy atom. The highest BCUT2D eigenvalue weighted by molar-refractivity contribution is 5.80. The second-order valence-electron chi connectivity index (χ2n) is 15.3. The average molecular weight is 756 g/mol. The first kappa shape index (κ1) is 51.4. The molecule has 0 rings (SSSR count). The van der Waals surface area contributed by atoms with Crippen molar-refractivity contribution < 1.29 is 24.2 Å². The van der Waals surface area contributed by atoms with Gasteiger partial charge >= 0.3 is 11.9 Å². The largest absolute Gasteiger partial charge is 0.480 e. The predicted molar refractivity (Wildman–Crippen MR) is 231 cm³/mol. The van der Waals surface area contributed by atoms with Crippen molar-refractivity contribution in [3.63, 3.8) is 0 Å². The van der Waals surface area contributed by atoms with E-state index in [1.165, 1.54) is 103 Å². The molecule has 0 aliphatic rings. The van der Waals surface area contributed by atoms with Crippen LogP contribution in [-0.2, 0) is 19.1 Å². The van der Waals surface area contributed by atoms with Crippen LogP contribution in [0.15, 0.2) is 48.6 Å². The summed E-state index contributed by atoms with van der Waals surface area (Å²) >= 11 is 0. The van der Waals surface area contributed by atoms with Gasteiger partial charge in [0.1, 0.15) is 12.6 Å². The third-order valence-electron chi connectivity index (χ3n) is 10.0. The first-order chi connectivity index (χ1) is 26.5. The molecular formula is C48H85NO5. The molecule has 0 saturated carbocycles. The fourth-order valence-electron chi connectivity index (χ4n) is 6.68. The van der Waals surface area contributed by atoms with Gasteiger partial charge < -0.3 is 15.2 Å². The lowest BCUT2D eigenvalue weighted by Crippen LogP contribution is -2.28. The van der Waals surface area contributed by atoms with Gasteiger partial charge in [0.25, 0.3) is 0 Å². The maximum Gasteiger partial charge on any atom is 0.322 e. The molecule has 1 amide bonds. The molecule has 0 heterocycles. The van der Waals surface area contributed by atoms with E-state index < -0.39 is 5.97 Å². The van der Waals surface area contributed by atoms with Crippen molar-refractivity contribution in [1.29, 1.82) is 0 Å². The molecule has 6 nitrogen and oxygen atoms in total. The summed E-state index contributed by atoms with van der Waals surface area (Å²) in [6.07, 6.45) is 55.2. The van der Waals surface area contributed by atoms with Crippen LogP contribution in [0.25, 0.3) is 0 Å². The summed E-state index contributed by atoms with van der Waals surface area (Å²) in [5, 5.41) is 11.1. The van der Waals surface area contributed by atoms with Gasteiger partial charge in [-0.15, -0.1) is 0 Å². The summed E-state index contributed by atoms with van der Waals surface area (Å²) in [6, 6.07) is 0. The minimum atomic E-state index is -1.02. The fourth-order valence-corrected chi connectivity index (χ4v) is 6.68. The lowest BCUT2D eigenvalue weighted by atomic mass is 10.0. The Morgan fingerprint density at radius 2 is 0.907 bits per heavy atom. The summed E-state index contributed by atoms with van der Waals surface area (Å²) in [5.74, 6) is -1.24. The Balaban J connectivity index is 4.17. The van der Waals surface area contributed by atoms with E-state index in [0.717, 1.165) is 96.3 Å². The molecule has 54 heavy (non-hydrogen) atoms. The molecule has 1 unspecified atom stereocenters. The monoisotopic (exact) mass is 756 g/mol. The molecule has 0 radical (unpaired) electrons. The maximum absolute atomic E-state index is 12.8. The fraction of sp³-hybridized carbons (Fsp3) is 0.771. The summed E-state index contributed by atoms with van der Waals surface area (Å²) in [7, 11) is 0. The van der Waals surface area contributed by atoms with E-state index in [2.05, 4.69) is 67.8 Å². The zero-order valence-corrected chi connectivity index (χ0v) is 35.3. The van der Waals surface area contributed by atoms with Gasteiger partial charge in [-0.3, -0.25) is 14.4 Å². The summed E-state index contributed by atoms with van der Waals surface area (Å²) in [5.41, 5.74) is 0. The zero-order chi connectivity index (χ0) is 39.4. The molecule has 0 bridgehead atoms. The zero-order valence-electron chi connectivity index (χ0n) is 35.3. The molecule has 0 spiro atoms. The smallest absolute Gasteiger partial charge is 0.322 e. The van der Waals surface area contributed by atoms with Crippen molar-refractivity contribution in [1.82, 2.24) is 5.32 Å². The van der Waals surface area contributed by atoms with Crippen LogP contribution in [0, 0.1) is 0 Å². The lowest BCUT2D eigenvalue weighted by molar-refractivity contribution is -0.150. The Hall–Kier alpha value is -2.63. The van der Waals surface area contributed by atoms with Crippen LogP contribution in [-0.4, -0.2) is 35.6 Å². The number of ether oxygens (including phenoxy) is 1. The average Bonchev–Trinajstić information content (AvgIpc) is 3.16. The molecule has 0 fully saturated rings. The normalized spacial score (nSPS) is 12.5. The van der Waals surface area contributed by atoms with Crippen molar-refractivity contribution in [2.45, 2.75) is 232 Å². The van der Waals surface area contributed by atoms with Crippen LogP contribution >= 0.6 is 0 Å². The van der Waals surface area contributed by atoms with Gasteiger partial charge in [-0.25, -0.2) is 0 Å². The van der Waals surface area contributed by atoms with Crippen molar-refractivity contribution >= 4 is 17.8 Å². The molecule has 0 aromatic heterocycles. The molecule has 1 atom stereocenters. The minimum absolute atomic E-state index is 0.0189. The first-order valence-electron chi connectivity index (χ1n) is 22.8. The van der Waals surface area contributed by atoms with Gasteiger partial charge in [-0.2, -0.15) is 0 Å². The second-order valence-corrected chi connectivity index (χ2v) is 15.3. The van der Waals surface area contributed by atoms with Crippen molar-refractivity contribution in [3.8, 4) is 0 Å². The molecule has 0 saturated heterocycles. The number of carboxylic acid groups (broad SMARTS) is 1. The van der Waals surface area contributed by atoms with E-state index in [-0.39, 0.29) is 24.5 Å². The molecular weight excluding hydrogens is 671 g/mol. The van der Waals surface area contributed by atoms with Crippen LogP contribution in [0.3, 0.4) is 0 Å². The van der Waals surface area contributed by atoms with E-state index in [9.17, 15) is 14.4 Å². The van der Waals surface area contributed by atoms with Gasteiger partial charge in [-0.05, 0) is 77.0 Å². The Bertz CT molecular complexity index is 968. The number of esters is 1. The van der Waals surface area contributed by atoms with Crippen molar-refractivity contribution in [2.24, 2.45) is 0 Å². The SMILES string of the molecule is CC/C=C\C/C=C\C/C=C\C/C=C\CCCCCCCCC(=O)OC(CCCCCCCCCCCCCCC)CCCCCCCC(=O)NCC(=O)O. The predicted octanol–water partition coefficient (Wildman–Crippen LogP) is 14.2. The number of hydrogen-bond donors (Lipinski definition) is 2. The number of carbonyl (C=O) groups is 3. The second kappa shape index (κ2) is 43.1. The van der Waals surface area contributed by atoms with Crippen molar-refractivity contribution in [3.05, 3.63) is 48.6 Å². The Labute approximate surface area is 333 Å². The van der Waals surface area contributed by atoms with Gasteiger partial charge in [-0.1, -0.05) is 184 Å². The number of carbonyl (C=O) groups excluding carboxylic acids is 2. The van der Waals surface area contributed by atoms with Crippen molar-refractivity contribution in [2.75, 3.05) is 6.54 Å². The van der Waals surface area contributed by atoms with E-state index in [4.69, 9.17) is 9.84 Å². The van der Waals surface area contributed by atoms with Crippen LogP contribution in [0.5, 0.6) is 0 Å². The van der Waals surface area contributed by atoms with Gasteiger partial charge in [0.15, 0.2) is 0 Å². The van der Waals surface area contributed by atoms with Crippen LogP contribution < -0.4 is 5.32 Å². The number of amides is 1. The Morgan fingerprint density at radius 1 is 0.500 bits per heavy atom. The number of allylic oxidation sites excluding steroid dienone is 8. The molecule has 6 heteroatoms. The standard InChI is InChI=1S/C48H85NO5/c1-3-5-7-9-11-13-15-17-18-19-20-21-22-24-26-28-30-35-39-43-48(53)54-45(41-37-33-31-34-38-42-46(50)49-44-47(51)52)40-36-32-29-27-25-23-16-14-12-10-8-6-4-2/h5,7,11,13,17-18,20-21,45H,3-4,6,8-10,12,14-16,19,22-44H2,1-2H3,(H,49,50)(H,51,52)/b7-5-,13-11-,18-17-,21-20-. The van der Waals surface area contributed by atoms with E-state index in [1.54, 1.807) is 0 Å². The number of carboxylic acids is 1. The highest BCUT2D eigenvalue weighted by Gasteiger charge is 2.14. The summed E-state index contributed by atoms with van der Waals surface area (Å²) in [6.45, 7) is 4.12. The number of aliphatic carboxylic acids is 1. The summed E-state index contributed by atoms with van der Waals surface area (Å²) < 4.78 is 6.04. The van der Waals surface area contributed by atoms with Gasteiger partial charge in [0, 0.05) is 12.8 Å². The van der Waals surface area contributed by atoms with E-state index in [0.29, 0.717) is 12.8 Å². The molecule has 0 aliphatic carbocycles. The molecule has 0 aliphatic heterocycles. The molecule has 0 aromatic rings. The summed E-state index contributed by atoms with van der Waals surface area (Å²) in [4.78, 5) is 35.1. The van der Waals surface area contributed by atoms with Crippen LogP contribution in [0.4, 0.5) is 0 Å². The topological polar surface area (TPSA) is 92.7 Å². The highest BCUT2D eigenvalue weighted by atomic mass is 16.5. The van der Waals surface area contributed by atoms with Gasteiger partial charge in [0.05, 0.1) is 0 Å². The number of rotatable bonds is 41. The van der Waals surface area contributed by atoms with E-state index >= 15 is 0 Å². The minimum Gasteiger partial charge on any atom is -0.480 e. The Kier molecular flexibility index (Phi) is 41.0. The number of nitrogens with one attached hydrogen (secondary N) is 1. The number of hydrogen-bond acceptors (Lipinski definition) is 4. The number of unbranched alkanes of at least 4 members (excludes halogenated alkanes) is 22. The first-order valence-corrected chi connectivity index (χ1v) is 22.8. The molecule has 2 N–H and O–H groups in total. The van der Waals surface area contributed by atoms with Crippen LogP contribution in [0.1, 0.15) is 226 Å². The highest BCUT2D eigenvalue weighted by Crippen LogP contribution is 2.19. The quantitative estimate of drug-likeness (QED) is 0.0368. The van der Waals surface area contributed by atoms with Crippen LogP contribution in [0.2, 0.25) is 0 Å². The van der Waals surface area contributed by atoms with Gasteiger partial charge in [0.2, 0.25) is 5.91 Å². The lowest BCUT2D eigenvalue weighted by Gasteiger charge is -2.18. The third-order valence-corrected chi connectivity index (χ3v) is 10.0. The third kappa shape index (κ3) is 42.1. The molecule has 312 valence electrons. The van der Waals surface area contributed by atoms with E-state index in [1.807, 2.05) is 0 Å². The maximum atomic E-state index is 12.8. The molecule has 0 aromatic carbocycles.